The fourth-order valence-corrected chi connectivity index (χ4v) is 4.23. The Morgan fingerprint density at radius 1 is 1.30 bits per heavy atom. The van der Waals surface area contributed by atoms with Crippen LogP contribution in [0.2, 0.25) is 0 Å². The smallest absolute Gasteiger partial charge is 0.251 e. The van der Waals surface area contributed by atoms with Crippen LogP contribution in [0.1, 0.15) is 54.7 Å². The van der Waals surface area contributed by atoms with Gasteiger partial charge in [-0.15, -0.1) is 0 Å². The van der Waals surface area contributed by atoms with Crippen molar-refractivity contribution in [3.63, 3.8) is 0 Å². The Labute approximate surface area is 183 Å². The van der Waals surface area contributed by atoms with Crippen LogP contribution in [0.25, 0.3) is 0 Å². The first-order chi connectivity index (χ1) is 14.6. The molecule has 1 amide bonds. The molecule has 1 saturated heterocycles. The standard InChI is InChI=1S/C23H32N4O2S/c1-4-11-27(3)21-14-19(5-2)25-23(26-21)30-16-17-8-6-9-18(13-17)22(28)24-15-20-10-7-12-29-20/h6,8-9,13-14,20H,4-5,7,10-12,15-16H2,1-3H3,(H,24,28)/t20-/m1/s1. The molecule has 1 fully saturated rings. The number of aromatic nitrogens is 2. The van der Waals surface area contributed by atoms with Crippen molar-refractivity contribution in [1.29, 1.82) is 0 Å². The third-order valence-corrected chi connectivity index (χ3v) is 6.05. The minimum absolute atomic E-state index is 0.0509. The second-order valence-electron chi connectivity index (χ2n) is 7.61. The van der Waals surface area contributed by atoms with E-state index >= 15 is 0 Å². The van der Waals surface area contributed by atoms with Gasteiger partial charge in [-0.3, -0.25) is 4.79 Å². The second-order valence-corrected chi connectivity index (χ2v) is 8.55. The van der Waals surface area contributed by atoms with Crippen LogP contribution in [0.5, 0.6) is 0 Å². The van der Waals surface area contributed by atoms with E-state index in [0.29, 0.717) is 12.1 Å². The van der Waals surface area contributed by atoms with E-state index in [0.717, 1.165) is 66.8 Å². The average Bonchev–Trinajstić information content (AvgIpc) is 3.30. The number of carbonyl (C=O) groups excluding carboxylic acids is 1. The van der Waals surface area contributed by atoms with Gasteiger partial charge in [0.2, 0.25) is 0 Å². The molecule has 0 aliphatic carbocycles. The van der Waals surface area contributed by atoms with Gasteiger partial charge in [0.15, 0.2) is 5.16 Å². The zero-order valence-corrected chi connectivity index (χ0v) is 19.0. The number of thioether (sulfide) groups is 1. The van der Waals surface area contributed by atoms with Gasteiger partial charge in [0.1, 0.15) is 5.82 Å². The predicted molar refractivity (Wildman–Crippen MR) is 122 cm³/mol. The third kappa shape index (κ3) is 6.44. The average molecular weight is 429 g/mol. The minimum atomic E-state index is -0.0509. The lowest BCUT2D eigenvalue weighted by atomic mass is 10.1. The molecule has 30 heavy (non-hydrogen) atoms. The van der Waals surface area contributed by atoms with Crippen molar-refractivity contribution in [1.82, 2.24) is 15.3 Å². The van der Waals surface area contributed by atoms with Crippen molar-refractivity contribution in [3.05, 3.63) is 47.2 Å². The molecule has 162 valence electrons. The Hall–Kier alpha value is -2.12. The van der Waals surface area contributed by atoms with Gasteiger partial charge < -0.3 is 15.0 Å². The molecule has 2 heterocycles. The number of nitrogens with one attached hydrogen (secondary N) is 1. The quantitative estimate of drug-likeness (QED) is 0.454. The summed E-state index contributed by atoms with van der Waals surface area (Å²) >= 11 is 1.61. The van der Waals surface area contributed by atoms with Gasteiger partial charge in [0.25, 0.3) is 5.91 Å². The van der Waals surface area contributed by atoms with Crippen LogP contribution >= 0.6 is 11.8 Å². The lowest BCUT2D eigenvalue weighted by Gasteiger charge is -2.18. The highest BCUT2D eigenvalue weighted by Gasteiger charge is 2.17. The number of rotatable bonds is 10. The third-order valence-electron chi connectivity index (χ3n) is 5.13. The molecule has 1 atom stereocenters. The fraction of sp³-hybridized carbons (Fsp3) is 0.522. The molecule has 3 rings (SSSR count). The molecule has 6 nitrogen and oxygen atoms in total. The molecule has 1 aliphatic heterocycles. The summed E-state index contributed by atoms with van der Waals surface area (Å²) in [7, 11) is 2.07. The summed E-state index contributed by atoms with van der Waals surface area (Å²) in [6.07, 6.45) is 4.19. The van der Waals surface area contributed by atoms with Gasteiger partial charge in [-0.1, -0.05) is 37.7 Å². The summed E-state index contributed by atoms with van der Waals surface area (Å²) in [5.74, 6) is 1.63. The zero-order chi connectivity index (χ0) is 21.3. The number of anilines is 1. The van der Waals surface area contributed by atoms with E-state index in [9.17, 15) is 4.79 Å². The van der Waals surface area contributed by atoms with Crippen LogP contribution in [0, 0.1) is 0 Å². The van der Waals surface area contributed by atoms with Gasteiger partial charge in [0.05, 0.1) is 6.10 Å². The monoisotopic (exact) mass is 428 g/mol. The molecule has 0 radical (unpaired) electrons. The number of amides is 1. The van der Waals surface area contributed by atoms with E-state index in [4.69, 9.17) is 9.72 Å². The summed E-state index contributed by atoms with van der Waals surface area (Å²) in [5.41, 5.74) is 2.81. The zero-order valence-electron chi connectivity index (χ0n) is 18.2. The predicted octanol–water partition coefficient (Wildman–Crippen LogP) is 4.09. The number of hydrogen-bond donors (Lipinski definition) is 1. The Bertz CT molecular complexity index is 840. The molecule has 1 N–H and O–H groups in total. The summed E-state index contributed by atoms with van der Waals surface area (Å²) in [6, 6.07) is 9.84. The Balaban J connectivity index is 1.62. The maximum Gasteiger partial charge on any atom is 0.251 e. The fourth-order valence-electron chi connectivity index (χ4n) is 3.41. The first-order valence-electron chi connectivity index (χ1n) is 10.8. The minimum Gasteiger partial charge on any atom is -0.376 e. The number of carbonyl (C=O) groups is 1. The second kappa shape index (κ2) is 11.3. The van der Waals surface area contributed by atoms with Crippen molar-refractivity contribution >= 4 is 23.5 Å². The van der Waals surface area contributed by atoms with Gasteiger partial charge in [-0.25, -0.2) is 9.97 Å². The SMILES string of the molecule is CCCN(C)c1cc(CC)nc(SCc2cccc(C(=O)NC[C@H]3CCCO3)c2)n1. The van der Waals surface area contributed by atoms with E-state index in [1.54, 1.807) is 11.8 Å². The van der Waals surface area contributed by atoms with Gasteiger partial charge in [0, 0.05) is 49.8 Å². The van der Waals surface area contributed by atoms with Crippen LogP contribution in [0.15, 0.2) is 35.5 Å². The van der Waals surface area contributed by atoms with E-state index < -0.39 is 0 Å². The molecular formula is C23H32N4O2S. The Morgan fingerprint density at radius 3 is 2.90 bits per heavy atom. The number of hydrogen-bond acceptors (Lipinski definition) is 6. The summed E-state index contributed by atoms with van der Waals surface area (Å²) in [5, 5.41) is 3.77. The first-order valence-corrected chi connectivity index (χ1v) is 11.8. The van der Waals surface area contributed by atoms with Crippen LogP contribution in [-0.2, 0) is 16.9 Å². The molecule has 2 aromatic rings. The van der Waals surface area contributed by atoms with E-state index in [1.165, 1.54) is 0 Å². The molecular weight excluding hydrogens is 396 g/mol. The number of aryl methyl sites for hydroxylation is 1. The van der Waals surface area contributed by atoms with Crippen molar-refractivity contribution < 1.29 is 9.53 Å². The molecule has 0 bridgehead atoms. The maximum absolute atomic E-state index is 12.5. The number of benzene rings is 1. The van der Waals surface area contributed by atoms with Gasteiger partial charge in [-0.05, 0) is 43.4 Å². The molecule has 7 heteroatoms. The molecule has 0 saturated carbocycles. The highest BCUT2D eigenvalue weighted by Crippen LogP contribution is 2.23. The van der Waals surface area contributed by atoms with Crippen LogP contribution in [0.3, 0.4) is 0 Å². The number of ether oxygens (including phenoxy) is 1. The van der Waals surface area contributed by atoms with Crippen molar-refractivity contribution in [2.45, 2.75) is 56.5 Å². The van der Waals surface area contributed by atoms with E-state index in [2.05, 4.69) is 42.2 Å². The summed E-state index contributed by atoms with van der Waals surface area (Å²) in [6.45, 7) is 6.61. The summed E-state index contributed by atoms with van der Waals surface area (Å²) in [4.78, 5) is 24.1. The first kappa shape index (κ1) is 22.6. The van der Waals surface area contributed by atoms with Crippen LogP contribution in [-0.4, -0.2) is 48.7 Å². The molecule has 0 unspecified atom stereocenters. The van der Waals surface area contributed by atoms with Crippen LogP contribution in [0.4, 0.5) is 5.82 Å². The van der Waals surface area contributed by atoms with Crippen molar-refractivity contribution in [3.8, 4) is 0 Å². The lowest BCUT2D eigenvalue weighted by Crippen LogP contribution is -2.31. The van der Waals surface area contributed by atoms with Crippen molar-refractivity contribution in [2.75, 3.05) is 31.6 Å². The maximum atomic E-state index is 12.5. The topological polar surface area (TPSA) is 67.4 Å². The van der Waals surface area contributed by atoms with Crippen LogP contribution < -0.4 is 10.2 Å². The van der Waals surface area contributed by atoms with Crippen molar-refractivity contribution in [2.24, 2.45) is 0 Å². The number of nitrogens with zero attached hydrogens (tertiary/aromatic N) is 3. The highest BCUT2D eigenvalue weighted by molar-refractivity contribution is 7.98. The van der Waals surface area contributed by atoms with Gasteiger partial charge >= 0.3 is 0 Å². The Morgan fingerprint density at radius 2 is 2.17 bits per heavy atom. The lowest BCUT2D eigenvalue weighted by molar-refractivity contribution is 0.0857. The molecule has 1 aromatic heterocycles. The molecule has 0 spiro atoms. The molecule has 1 aromatic carbocycles. The normalized spacial score (nSPS) is 15.9. The van der Waals surface area contributed by atoms with E-state index in [-0.39, 0.29) is 12.0 Å². The Kier molecular flexibility index (Phi) is 8.51. The van der Waals surface area contributed by atoms with Gasteiger partial charge in [-0.2, -0.15) is 0 Å². The summed E-state index contributed by atoms with van der Waals surface area (Å²) < 4.78 is 5.58. The largest absolute Gasteiger partial charge is 0.376 e. The molecule has 1 aliphatic rings. The van der Waals surface area contributed by atoms with E-state index in [1.807, 2.05) is 24.3 Å². The highest BCUT2D eigenvalue weighted by atomic mass is 32.2.